The van der Waals surface area contributed by atoms with Gasteiger partial charge in [-0.1, -0.05) is 12.1 Å². The van der Waals surface area contributed by atoms with Gasteiger partial charge in [-0.2, -0.15) is 0 Å². The van der Waals surface area contributed by atoms with E-state index in [9.17, 15) is 4.39 Å². The van der Waals surface area contributed by atoms with Crippen LogP contribution < -0.4 is 5.73 Å². The minimum atomic E-state index is -0.700. The van der Waals surface area contributed by atoms with Crippen molar-refractivity contribution in [1.29, 1.82) is 0 Å². The van der Waals surface area contributed by atoms with Crippen LogP contribution in [0.25, 0.3) is 10.9 Å². The SMILES string of the molecule is Cc1cnc2c(Cc3ccc(F)c([C@]4(C)N=C(N)O[C@H]5C[C@H]54)c3)nccc2c1. The van der Waals surface area contributed by atoms with E-state index >= 15 is 0 Å². The molecule has 142 valence electrons. The van der Waals surface area contributed by atoms with Crippen molar-refractivity contribution in [3.05, 3.63) is 70.9 Å². The Morgan fingerprint density at radius 2 is 2.11 bits per heavy atom. The van der Waals surface area contributed by atoms with E-state index in [-0.39, 0.29) is 23.9 Å². The van der Waals surface area contributed by atoms with Crippen molar-refractivity contribution in [3.8, 4) is 0 Å². The predicted octanol–water partition coefficient (Wildman–Crippen LogP) is 3.62. The van der Waals surface area contributed by atoms with Crippen LogP contribution in [0.15, 0.2) is 47.7 Å². The second kappa shape index (κ2) is 5.99. The van der Waals surface area contributed by atoms with E-state index in [0.717, 1.165) is 34.1 Å². The fourth-order valence-corrected chi connectivity index (χ4v) is 4.27. The molecule has 2 aromatic heterocycles. The highest BCUT2D eigenvalue weighted by Gasteiger charge is 2.57. The Hall–Kier alpha value is -3.02. The van der Waals surface area contributed by atoms with E-state index in [1.54, 1.807) is 12.3 Å². The van der Waals surface area contributed by atoms with E-state index < -0.39 is 5.54 Å². The number of benzene rings is 1. The van der Waals surface area contributed by atoms with Crippen LogP contribution in [-0.4, -0.2) is 22.1 Å². The second-order valence-corrected chi connectivity index (χ2v) is 7.93. The molecule has 0 bridgehead atoms. The third-order valence-electron chi connectivity index (χ3n) is 5.83. The summed E-state index contributed by atoms with van der Waals surface area (Å²) in [4.78, 5) is 13.6. The number of fused-ring (bicyclic) bond motifs is 2. The number of aliphatic imine (C=N–C) groups is 1. The van der Waals surface area contributed by atoms with Gasteiger partial charge in [-0.05, 0) is 49.6 Å². The van der Waals surface area contributed by atoms with E-state index in [1.807, 2.05) is 32.2 Å². The average molecular weight is 376 g/mol. The Kier molecular flexibility index (Phi) is 3.66. The van der Waals surface area contributed by atoms with Gasteiger partial charge in [0, 0.05) is 35.7 Å². The van der Waals surface area contributed by atoms with Gasteiger partial charge < -0.3 is 10.5 Å². The molecule has 2 N–H and O–H groups in total. The van der Waals surface area contributed by atoms with Crippen LogP contribution in [0, 0.1) is 18.7 Å². The molecule has 28 heavy (non-hydrogen) atoms. The van der Waals surface area contributed by atoms with Gasteiger partial charge in [0.2, 0.25) is 0 Å². The highest BCUT2D eigenvalue weighted by atomic mass is 19.1. The Morgan fingerprint density at radius 3 is 2.96 bits per heavy atom. The van der Waals surface area contributed by atoms with Gasteiger partial charge in [0.05, 0.1) is 16.7 Å². The van der Waals surface area contributed by atoms with Gasteiger partial charge in [0.15, 0.2) is 0 Å². The first kappa shape index (κ1) is 17.1. The lowest BCUT2D eigenvalue weighted by molar-refractivity contribution is 0.202. The second-order valence-electron chi connectivity index (χ2n) is 7.93. The monoisotopic (exact) mass is 376 g/mol. The number of ether oxygens (including phenoxy) is 1. The number of aromatic nitrogens is 2. The Labute approximate surface area is 162 Å². The summed E-state index contributed by atoms with van der Waals surface area (Å²) >= 11 is 0. The molecular formula is C22H21FN4O. The molecule has 3 aromatic rings. The van der Waals surface area contributed by atoms with Crippen molar-refractivity contribution < 1.29 is 9.13 Å². The lowest BCUT2D eigenvalue weighted by atomic mass is 9.85. The van der Waals surface area contributed by atoms with Gasteiger partial charge >= 0.3 is 0 Å². The molecular weight excluding hydrogens is 355 g/mol. The maximum absolute atomic E-state index is 14.8. The van der Waals surface area contributed by atoms with Crippen LogP contribution in [0.4, 0.5) is 4.39 Å². The van der Waals surface area contributed by atoms with Crippen molar-refractivity contribution in [2.75, 3.05) is 0 Å². The van der Waals surface area contributed by atoms with Crippen LogP contribution in [-0.2, 0) is 16.7 Å². The summed E-state index contributed by atoms with van der Waals surface area (Å²) in [7, 11) is 0. The van der Waals surface area contributed by atoms with E-state index in [4.69, 9.17) is 10.5 Å². The fourth-order valence-electron chi connectivity index (χ4n) is 4.27. The van der Waals surface area contributed by atoms with Crippen LogP contribution in [0.1, 0.15) is 35.7 Å². The molecule has 0 unspecified atom stereocenters. The van der Waals surface area contributed by atoms with E-state index in [1.165, 1.54) is 6.07 Å². The molecule has 1 aliphatic carbocycles. The van der Waals surface area contributed by atoms with Gasteiger partial charge in [0.1, 0.15) is 11.9 Å². The molecule has 0 saturated heterocycles. The summed E-state index contributed by atoms with van der Waals surface area (Å²) in [6, 6.07) is 9.40. The average Bonchev–Trinajstić information content (AvgIpc) is 3.43. The number of nitrogens with two attached hydrogens (primary N) is 1. The molecule has 1 aliphatic heterocycles. The molecule has 1 saturated carbocycles. The molecule has 3 heterocycles. The molecule has 5 rings (SSSR count). The van der Waals surface area contributed by atoms with Crippen molar-refractivity contribution in [1.82, 2.24) is 9.97 Å². The lowest BCUT2D eigenvalue weighted by Crippen LogP contribution is -2.35. The number of aryl methyl sites for hydroxylation is 1. The molecule has 0 spiro atoms. The van der Waals surface area contributed by atoms with Gasteiger partial charge in [-0.15, -0.1) is 0 Å². The highest BCUT2D eigenvalue weighted by molar-refractivity contribution is 5.81. The first-order valence-corrected chi connectivity index (χ1v) is 9.45. The molecule has 1 fully saturated rings. The Balaban J connectivity index is 1.55. The van der Waals surface area contributed by atoms with Gasteiger partial charge in [-0.25, -0.2) is 9.38 Å². The maximum Gasteiger partial charge on any atom is 0.283 e. The molecule has 2 aliphatic rings. The number of nitrogens with zero attached hydrogens (tertiary/aromatic N) is 3. The minimum Gasteiger partial charge on any atom is -0.462 e. The number of amidine groups is 1. The summed E-state index contributed by atoms with van der Waals surface area (Å²) < 4.78 is 20.3. The standard InChI is InChI=1S/C22H21FN4O/c1-12-7-14-5-6-25-18(20(14)26-11-12)9-13-3-4-17(23)15(8-13)22(2)16-10-19(16)28-21(24)27-22/h3-8,11,16,19H,9-10H2,1-2H3,(H2,24,27)/t16-,19+,22+/m1/s1. The molecule has 6 heteroatoms. The van der Waals surface area contributed by atoms with Crippen molar-refractivity contribution in [3.63, 3.8) is 0 Å². The number of rotatable bonds is 3. The Bertz CT molecular complexity index is 1130. The smallest absolute Gasteiger partial charge is 0.283 e. The molecule has 0 radical (unpaired) electrons. The maximum atomic E-state index is 14.8. The fraction of sp³-hybridized carbons (Fsp3) is 0.318. The highest BCUT2D eigenvalue weighted by Crippen LogP contribution is 2.53. The van der Waals surface area contributed by atoms with Crippen LogP contribution in [0.2, 0.25) is 0 Å². The zero-order chi connectivity index (χ0) is 19.5. The van der Waals surface area contributed by atoms with Crippen molar-refractivity contribution in [2.24, 2.45) is 16.6 Å². The topological polar surface area (TPSA) is 73.4 Å². The van der Waals surface area contributed by atoms with Gasteiger partial charge in [-0.3, -0.25) is 9.97 Å². The quantitative estimate of drug-likeness (QED) is 0.758. The van der Waals surface area contributed by atoms with Crippen LogP contribution in [0.3, 0.4) is 0 Å². The van der Waals surface area contributed by atoms with E-state index in [2.05, 4.69) is 21.0 Å². The summed E-state index contributed by atoms with van der Waals surface area (Å²) in [5.41, 5.74) is 9.53. The summed E-state index contributed by atoms with van der Waals surface area (Å²) in [5.74, 6) is -0.111. The van der Waals surface area contributed by atoms with Gasteiger partial charge in [0.25, 0.3) is 6.02 Å². The summed E-state index contributed by atoms with van der Waals surface area (Å²) in [6.07, 6.45) is 5.09. The number of halogens is 1. The summed E-state index contributed by atoms with van der Waals surface area (Å²) in [5, 5.41) is 1.06. The molecule has 5 nitrogen and oxygen atoms in total. The third kappa shape index (κ3) is 2.71. The molecule has 0 amide bonds. The first-order valence-electron chi connectivity index (χ1n) is 9.45. The van der Waals surface area contributed by atoms with Crippen molar-refractivity contribution in [2.45, 2.75) is 38.3 Å². The number of hydrogen-bond donors (Lipinski definition) is 1. The Morgan fingerprint density at radius 1 is 1.25 bits per heavy atom. The summed E-state index contributed by atoms with van der Waals surface area (Å²) in [6.45, 7) is 3.96. The lowest BCUT2D eigenvalue weighted by Gasteiger charge is -2.30. The number of hydrogen-bond acceptors (Lipinski definition) is 5. The number of pyridine rings is 2. The van der Waals surface area contributed by atoms with E-state index in [0.29, 0.717) is 12.0 Å². The first-order chi connectivity index (χ1) is 13.4. The zero-order valence-electron chi connectivity index (χ0n) is 15.8. The van der Waals surface area contributed by atoms with Crippen LogP contribution >= 0.6 is 0 Å². The largest absolute Gasteiger partial charge is 0.462 e. The zero-order valence-corrected chi connectivity index (χ0v) is 15.8. The predicted molar refractivity (Wildman–Crippen MR) is 105 cm³/mol. The molecule has 1 aromatic carbocycles. The minimum absolute atomic E-state index is 0.0396. The normalized spacial score (nSPS) is 25.8. The van der Waals surface area contributed by atoms with Crippen LogP contribution in [0.5, 0.6) is 0 Å². The third-order valence-corrected chi connectivity index (χ3v) is 5.83. The molecule has 3 atom stereocenters. The van der Waals surface area contributed by atoms with Crippen molar-refractivity contribution >= 4 is 16.9 Å².